The van der Waals surface area contributed by atoms with Crippen molar-refractivity contribution in [1.29, 1.82) is 0 Å². The minimum atomic E-state index is -1.21. The van der Waals surface area contributed by atoms with E-state index in [1.165, 1.54) is 24.8 Å². The highest BCUT2D eigenvalue weighted by atomic mass is 35.5. The molecular formula is C32H37ClF2N8O3. The predicted octanol–water partition coefficient (Wildman–Crippen LogP) is 5.90. The second-order valence-electron chi connectivity index (χ2n) is 10.8. The van der Waals surface area contributed by atoms with Crippen LogP contribution in [0.5, 0.6) is 5.75 Å². The van der Waals surface area contributed by atoms with Gasteiger partial charge in [0.2, 0.25) is 0 Å². The van der Waals surface area contributed by atoms with Crippen LogP contribution in [-0.2, 0) is 10.3 Å². The molecule has 4 N–H and O–H groups in total. The van der Waals surface area contributed by atoms with Crippen LogP contribution in [0.15, 0.2) is 79.4 Å². The van der Waals surface area contributed by atoms with Crippen LogP contribution in [-0.4, -0.2) is 76.2 Å². The van der Waals surface area contributed by atoms with Crippen molar-refractivity contribution in [3.63, 3.8) is 0 Å². The first-order valence-electron chi connectivity index (χ1n) is 14.9. The van der Waals surface area contributed by atoms with Crippen molar-refractivity contribution in [2.75, 3.05) is 49.5 Å². The van der Waals surface area contributed by atoms with E-state index in [0.29, 0.717) is 36.1 Å². The molecular weight excluding hydrogens is 618 g/mol. The molecule has 1 aliphatic carbocycles. The van der Waals surface area contributed by atoms with Gasteiger partial charge in [-0.3, -0.25) is 5.01 Å². The lowest BCUT2D eigenvalue weighted by Crippen LogP contribution is -2.56. The average molecular weight is 655 g/mol. The number of hydrogen-bond acceptors (Lipinski definition) is 8. The fourth-order valence-electron chi connectivity index (χ4n) is 6.04. The van der Waals surface area contributed by atoms with Crippen molar-refractivity contribution in [3.8, 4) is 5.75 Å². The van der Waals surface area contributed by atoms with E-state index in [1.54, 1.807) is 34.0 Å². The maximum Gasteiger partial charge on any atom is 0.336 e. The Labute approximate surface area is 271 Å². The summed E-state index contributed by atoms with van der Waals surface area (Å²) in [6, 6.07) is 17.5. The molecule has 1 saturated carbocycles. The Bertz CT molecular complexity index is 1600. The first-order valence-corrected chi connectivity index (χ1v) is 15.3. The van der Waals surface area contributed by atoms with Crippen LogP contribution in [0, 0.1) is 11.6 Å². The molecule has 1 aliphatic heterocycles. The largest absolute Gasteiger partial charge is 0.485 e. The second-order valence-corrected chi connectivity index (χ2v) is 11.2. The Balaban J connectivity index is 0.00000417. The Morgan fingerprint density at radius 2 is 1.76 bits per heavy atom. The molecule has 2 amide bonds. The lowest BCUT2D eigenvalue weighted by atomic mass is 10.1. The SMILES string of the molecule is CCOC1(c2ccc(F)cc2F)C(Oc2ccc(N3CCN(N(CC)C(=O)Nc4ccc(Cl)cc4)CC3)cc2)C1n1cncn1.N. The van der Waals surface area contributed by atoms with Crippen LogP contribution < -0.4 is 21.1 Å². The lowest BCUT2D eigenvalue weighted by Gasteiger charge is -2.41. The Hall–Kier alpha value is -4.30. The molecule has 1 aromatic heterocycles. The number of nitrogens with zero attached hydrogens (tertiary/aromatic N) is 6. The number of hydrogen-bond donors (Lipinski definition) is 2. The maximum atomic E-state index is 15.1. The smallest absolute Gasteiger partial charge is 0.336 e. The zero-order valence-corrected chi connectivity index (χ0v) is 26.4. The number of rotatable bonds is 10. The van der Waals surface area contributed by atoms with E-state index < -0.39 is 29.4 Å². The lowest BCUT2D eigenvalue weighted by molar-refractivity contribution is 0.000509. The van der Waals surface area contributed by atoms with Gasteiger partial charge in [-0.15, -0.1) is 0 Å². The molecule has 3 aromatic carbocycles. The normalized spacial score (nSPS) is 20.9. The highest BCUT2D eigenvalue weighted by molar-refractivity contribution is 6.30. The fourth-order valence-corrected chi connectivity index (χ4v) is 6.17. The molecule has 0 radical (unpaired) electrons. The number of urea groups is 1. The molecule has 46 heavy (non-hydrogen) atoms. The summed E-state index contributed by atoms with van der Waals surface area (Å²) in [5.74, 6) is -0.802. The summed E-state index contributed by atoms with van der Waals surface area (Å²) < 4.78 is 43.0. The van der Waals surface area contributed by atoms with Crippen molar-refractivity contribution in [3.05, 3.63) is 102 Å². The number of amides is 2. The molecule has 2 heterocycles. The molecule has 3 unspecified atom stereocenters. The van der Waals surface area contributed by atoms with Crippen LogP contribution in [0.25, 0.3) is 0 Å². The van der Waals surface area contributed by atoms with Gasteiger partial charge in [0.1, 0.15) is 36.1 Å². The number of hydrazine groups is 1. The van der Waals surface area contributed by atoms with E-state index in [9.17, 15) is 9.18 Å². The molecule has 1 saturated heterocycles. The summed E-state index contributed by atoms with van der Waals surface area (Å²) in [6.45, 7) is 7.36. The number of piperazine rings is 1. The van der Waals surface area contributed by atoms with Gasteiger partial charge >= 0.3 is 6.03 Å². The minimum Gasteiger partial charge on any atom is -0.485 e. The van der Waals surface area contributed by atoms with Gasteiger partial charge in [-0.2, -0.15) is 5.10 Å². The second kappa shape index (κ2) is 14.0. The van der Waals surface area contributed by atoms with Crippen molar-refractivity contribution in [2.45, 2.75) is 31.6 Å². The first kappa shape index (κ1) is 33.1. The van der Waals surface area contributed by atoms with Gasteiger partial charge in [0.15, 0.2) is 11.7 Å². The molecule has 2 aliphatic rings. The van der Waals surface area contributed by atoms with Gasteiger partial charge in [0.25, 0.3) is 0 Å². The average Bonchev–Trinajstić information content (AvgIpc) is 3.34. The number of halogens is 3. The highest BCUT2D eigenvalue weighted by Crippen LogP contribution is 2.60. The molecule has 3 atom stereocenters. The number of carbonyl (C=O) groups is 1. The van der Waals surface area contributed by atoms with Crippen LogP contribution in [0.2, 0.25) is 5.02 Å². The van der Waals surface area contributed by atoms with Gasteiger partial charge in [0, 0.05) is 67.4 Å². The van der Waals surface area contributed by atoms with E-state index in [0.717, 1.165) is 24.8 Å². The van der Waals surface area contributed by atoms with Gasteiger partial charge in [-0.1, -0.05) is 17.7 Å². The van der Waals surface area contributed by atoms with Crippen LogP contribution in [0.1, 0.15) is 25.5 Å². The molecule has 244 valence electrons. The summed E-state index contributed by atoms with van der Waals surface area (Å²) in [7, 11) is 0. The third-order valence-electron chi connectivity index (χ3n) is 8.19. The van der Waals surface area contributed by atoms with Crippen molar-refractivity contribution in [2.24, 2.45) is 0 Å². The zero-order valence-electron chi connectivity index (χ0n) is 25.7. The fraction of sp³-hybridized carbons (Fsp3) is 0.344. The predicted molar refractivity (Wildman–Crippen MR) is 171 cm³/mol. The third-order valence-corrected chi connectivity index (χ3v) is 8.44. The van der Waals surface area contributed by atoms with Gasteiger partial charge < -0.3 is 25.8 Å². The quantitative estimate of drug-likeness (QED) is 0.217. The molecule has 2 fully saturated rings. The maximum absolute atomic E-state index is 15.1. The molecule has 0 bridgehead atoms. The number of nitrogens with one attached hydrogen (secondary N) is 1. The van der Waals surface area contributed by atoms with E-state index in [-0.39, 0.29) is 24.4 Å². The Kier molecular flexibility index (Phi) is 10.1. The molecule has 0 spiro atoms. The van der Waals surface area contributed by atoms with E-state index in [4.69, 9.17) is 21.1 Å². The Morgan fingerprint density at radius 3 is 2.37 bits per heavy atom. The van der Waals surface area contributed by atoms with Gasteiger partial charge in [0.05, 0.1) is 0 Å². The van der Waals surface area contributed by atoms with E-state index in [1.807, 2.05) is 38.1 Å². The number of ether oxygens (including phenoxy) is 2. The van der Waals surface area contributed by atoms with Crippen LogP contribution in [0.4, 0.5) is 25.0 Å². The van der Waals surface area contributed by atoms with E-state index in [2.05, 4.69) is 25.3 Å². The monoisotopic (exact) mass is 654 g/mol. The summed E-state index contributed by atoms with van der Waals surface area (Å²) >= 11 is 5.96. The number of carbonyl (C=O) groups excluding carboxylic acids is 1. The minimum absolute atomic E-state index is 0. The number of aromatic nitrogens is 3. The molecule has 11 nitrogen and oxygen atoms in total. The number of benzene rings is 3. The Morgan fingerprint density at radius 1 is 1.04 bits per heavy atom. The van der Waals surface area contributed by atoms with Gasteiger partial charge in [-0.05, 0) is 68.4 Å². The summed E-state index contributed by atoms with van der Waals surface area (Å²) in [5, 5.41) is 11.6. The van der Waals surface area contributed by atoms with Crippen molar-refractivity contribution in [1.82, 2.24) is 30.9 Å². The molecule has 4 aromatic rings. The number of anilines is 2. The van der Waals surface area contributed by atoms with Crippen LogP contribution >= 0.6 is 11.6 Å². The summed E-state index contributed by atoms with van der Waals surface area (Å²) in [5.41, 5.74) is 0.692. The third kappa shape index (κ3) is 6.49. The highest BCUT2D eigenvalue weighted by Gasteiger charge is 2.72. The van der Waals surface area contributed by atoms with Crippen molar-refractivity contribution >= 4 is 29.0 Å². The zero-order chi connectivity index (χ0) is 31.6. The topological polar surface area (TPSA) is 123 Å². The standard InChI is InChI=1S/C32H34ClF2N7O3.H3N/c1-3-42(31(43)38-24-8-5-22(33)6-9-24)40-17-15-39(16-18-40)25-10-12-26(13-11-25)45-30-29(41-21-36-20-37-41)32(30,44-4-2)27-14-7-23(34)19-28(27)35;/h5-14,19-21,29-30H,3-4,15-18H2,1-2H3,(H,38,43);1H3. The van der Waals surface area contributed by atoms with Gasteiger partial charge in [-0.25, -0.2) is 28.3 Å². The van der Waals surface area contributed by atoms with Crippen LogP contribution in [0.3, 0.4) is 0 Å². The molecule has 6 rings (SSSR count). The summed E-state index contributed by atoms with van der Waals surface area (Å²) in [6.07, 6.45) is 2.30. The van der Waals surface area contributed by atoms with E-state index >= 15 is 4.39 Å². The molecule has 14 heteroatoms. The van der Waals surface area contributed by atoms with Crippen molar-refractivity contribution < 1.29 is 23.0 Å². The summed E-state index contributed by atoms with van der Waals surface area (Å²) in [4.78, 5) is 19.3. The first-order chi connectivity index (χ1) is 21.8.